The van der Waals surface area contributed by atoms with Gasteiger partial charge in [-0.05, 0) is 31.6 Å². The van der Waals surface area contributed by atoms with Crippen LogP contribution in [-0.2, 0) is 14.3 Å². The number of carbonyl (C=O) groups excluding carboxylic acids is 1. The molecule has 2 heterocycles. The average molecular weight is 296 g/mol. The van der Waals surface area contributed by atoms with Gasteiger partial charge in [-0.2, -0.15) is 0 Å². The van der Waals surface area contributed by atoms with Crippen molar-refractivity contribution in [3.05, 3.63) is 16.6 Å². The number of thiazole rings is 1. The van der Waals surface area contributed by atoms with Gasteiger partial charge in [-0.15, -0.1) is 11.3 Å². The largest absolute Gasteiger partial charge is 0.376 e. The lowest BCUT2D eigenvalue weighted by atomic mass is 10.2. The Bertz CT molecular complexity index is 428. The zero-order valence-corrected chi connectivity index (χ0v) is 12.2. The highest BCUT2D eigenvalue weighted by Crippen LogP contribution is 2.41. The van der Waals surface area contributed by atoms with Crippen molar-refractivity contribution < 1.29 is 14.3 Å². The summed E-state index contributed by atoms with van der Waals surface area (Å²) in [5.41, 5.74) is 0. The third kappa shape index (κ3) is 3.77. The number of amides is 1. The summed E-state index contributed by atoms with van der Waals surface area (Å²) in [4.78, 5) is 16.3. The predicted molar refractivity (Wildman–Crippen MR) is 75.5 cm³/mol. The maximum atomic E-state index is 12.0. The highest BCUT2D eigenvalue weighted by atomic mass is 32.1. The van der Waals surface area contributed by atoms with Crippen molar-refractivity contribution in [2.45, 2.75) is 37.8 Å². The molecule has 2 aliphatic rings. The molecule has 1 aliphatic carbocycles. The molecule has 5 nitrogen and oxygen atoms in total. The fourth-order valence-corrected chi connectivity index (χ4v) is 3.25. The number of nitrogens with one attached hydrogen (secondary N) is 1. The molecule has 110 valence electrons. The van der Waals surface area contributed by atoms with Crippen molar-refractivity contribution in [3.8, 4) is 0 Å². The minimum atomic E-state index is -0.0601. The minimum absolute atomic E-state index is 0.0601. The summed E-state index contributed by atoms with van der Waals surface area (Å²) in [6.07, 6.45) is 6.42. The molecule has 1 aromatic heterocycles. The smallest absolute Gasteiger partial charge is 0.246 e. The summed E-state index contributed by atoms with van der Waals surface area (Å²) in [6.45, 7) is 1.43. The summed E-state index contributed by atoms with van der Waals surface area (Å²) in [6, 6.07) is 0.0637. The van der Waals surface area contributed by atoms with Crippen LogP contribution in [0.15, 0.2) is 11.6 Å². The molecule has 1 N–H and O–H groups in total. The Morgan fingerprint density at radius 2 is 2.45 bits per heavy atom. The Morgan fingerprint density at radius 1 is 1.55 bits per heavy atom. The SMILES string of the molecule is O=C(COC[C@@H]1CCCO1)N[C@@H](c1nccs1)C1CC1. The number of rotatable bonds is 7. The molecule has 0 unspecified atom stereocenters. The van der Waals surface area contributed by atoms with Crippen LogP contribution >= 0.6 is 11.3 Å². The van der Waals surface area contributed by atoms with Gasteiger partial charge in [-0.25, -0.2) is 4.98 Å². The van der Waals surface area contributed by atoms with E-state index in [1.54, 1.807) is 17.5 Å². The van der Waals surface area contributed by atoms with E-state index < -0.39 is 0 Å². The molecule has 0 aromatic carbocycles. The molecule has 3 rings (SSSR count). The van der Waals surface area contributed by atoms with Crippen molar-refractivity contribution in [3.63, 3.8) is 0 Å². The number of hydrogen-bond acceptors (Lipinski definition) is 5. The molecule has 1 aromatic rings. The topological polar surface area (TPSA) is 60.5 Å². The van der Waals surface area contributed by atoms with Gasteiger partial charge < -0.3 is 14.8 Å². The third-order valence-corrected chi connectivity index (χ3v) is 4.55. The van der Waals surface area contributed by atoms with Crippen LogP contribution < -0.4 is 5.32 Å². The minimum Gasteiger partial charge on any atom is -0.376 e. The first-order valence-electron chi connectivity index (χ1n) is 7.21. The van der Waals surface area contributed by atoms with Crippen LogP contribution in [0.5, 0.6) is 0 Å². The van der Waals surface area contributed by atoms with E-state index in [9.17, 15) is 4.79 Å². The molecule has 0 spiro atoms. The summed E-state index contributed by atoms with van der Waals surface area (Å²) in [7, 11) is 0. The lowest BCUT2D eigenvalue weighted by molar-refractivity contribution is -0.127. The molecule has 0 radical (unpaired) electrons. The molecule has 6 heteroatoms. The van der Waals surface area contributed by atoms with Gasteiger partial charge in [-0.1, -0.05) is 0 Å². The second-order valence-electron chi connectivity index (χ2n) is 5.40. The molecular formula is C14H20N2O3S. The first-order valence-corrected chi connectivity index (χ1v) is 8.09. The molecule has 0 bridgehead atoms. The first kappa shape index (κ1) is 14.0. The quantitative estimate of drug-likeness (QED) is 0.835. The fourth-order valence-electron chi connectivity index (χ4n) is 2.47. The Hall–Kier alpha value is -0.980. The van der Waals surface area contributed by atoms with Gasteiger partial charge in [0.15, 0.2) is 0 Å². The summed E-state index contributed by atoms with van der Waals surface area (Å²) in [5, 5.41) is 6.00. The van der Waals surface area contributed by atoms with Gasteiger partial charge in [-0.3, -0.25) is 4.79 Å². The van der Waals surface area contributed by atoms with Crippen LogP contribution in [-0.4, -0.2) is 36.8 Å². The van der Waals surface area contributed by atoms with E-state index in [2.05, 4.69) is 10.3 Å². The molecule has 2 fully saturated rings. The number of carbonyl (C=O) groups is 1. The summed E-state index contributed by atoms with van der Waals surface area (Å²) in [5.74, 6) is 0.485. The Balaban J connectivity index is 1.42. The molecule has 1 aliphatic heterocycles. The van der Waals surface area contributed by atoms with Crippen LogP contribution in [0, 0.1) is 5.92 Å². The standard InChI is InChI=1S/C14H20N2O3S/c17-12(9-18-8-11-2-1-6-19-11)16-13(10-3-4-10)14-15-5-7-20-14/h5,7,10-11,13H,1-4,6,8-9H2,(H,16,17)/t11-,13+/m0/s1. The van der Waals surface area contributed by atoms with Crippen LogP contribution in [0.1, 0.15) is 36.7 Å². The Labute approximate surface area is 122 Å². The summed E-state index contributed by atoms with van der Waals surface area (Å²) >= 11 is 1.60. The normalized spacial score (nSPS) is 23.7. The zero-order chi connectivity index (χ0) is 13.8. The zero-order valence-electron chi connectivity index (χ0n) is 11.4. The molecule has 1 saturated heterocycles. The first-order chi connectivity index (χ1) is 9.83. The highest BCUT2D eigenvalue weighted by Gasteiger charge is 2.34. The molecular weight excluding hydrogens is 276 g/mol. The highest BCUT2D eigenvalue weighted by molar-refractivity contribution is 7.09. The van der Waals surface area contributed by atoms with Crippen LogP contribution in [0.4, 0.5) is 0 Å². The lowest BCUT2D eigenvalue weighted by Gasteiger charge is -2.16. The van der Waals surface area contributed by atoms with Crippen molar-refractivity contribution in [1.82, 2.24) is 10.3 Å². The van der Waals surface area contributed by atoms with Gasteiger partial charge in [0.2, 0.25) is 5.91 Å². The molecule has 1 amide bonds. The van der Waals surface area contributed by atoms with E-state index in [1.807, 2.05) is 5.38 Å². The molecule has 1 saturated carbocycles. The van der Waals surface area contributed by atoms with Crippen molar-refractivity contribution in [1.29, 1.82) is 0 Å². The van der Waals surface area contributed by atoms with Gasteiger partial charge in [0, 0.05) is 18.2 Å². The van der Waals surface area contributed by atoms with Gasteiger partial charge in [0.25, 0.3) is 0 Å². The monoisotopic (exact) mass is 296 g/mol. The van der Waals surface area contributed by atoms with Crippen LogP contribution in [0.3, 0.4) is 0 Å². The maximum absolute atomic E-state index is 12.0. The predicted octanol–water partition coefficient (Wildman–Crippen LogP) is 1.91. The third-order valence-electron chi connectivity index (χ3n) is 3.69. The fraction of sp³-hybridized carbons (Fsp3) is 0.714. The van der Waals surface area contributed by atoms with Crippen LogP contribution in [0.25, 0.3) is 0 Å². The second-order valence-corrected chi connectivity index (χ2v) is 6.33. The van der Waals surface area contributed by atoms with E-state index in [0.29, 0.717) is 12.5 Å². The van der Waals surface area contributed by atoms with Gasteiger partial charge >= 0.3 is 0 Å². The van der Waals surface area contributed by atoms with Gasteiger partial charge in [0.05, 0.1) is 18.8 Å². The number of hydrogen-bond donors (Lipinski definition) is 1. The van der Waals surface area contributed by atoms with Gasteiger partial charge in [0.1, 0.15) is 11.6 Å². The van der Waals surface area contributed by atoms with E-state index in [1.165, 1.54) is 12.8 Å². The van der Waals surface area contributed by atoms with Crippen molar-refractivity contribution >= 4 is 17.2 Å². The number of nitrogens with zero attached hydrogens (tertiary/aromatic N) is 1. The average Bonchev–Trinajstić information content (AvgIpc) is 2.93. The number of ether oxygens (including phenoxy) is 2. The van der Waals surface area contributed by atoms with Crippen molar-refractivity contribution in [2.75, 3.05) is 19.8 Å². The molecule has 20 heavy (non-hydrogen) atoms. The van der Waals surface area contributed by atoms with Crippen molar-refractivity contribution in [2.24, 2.45) is 5.92 Å². The Kier molecular flexibility index (Phi) is 4.65. The van der Waals surface area contributed by atoms with E-state index in [-0.39, 0.29) is 24.7 Å². The van der Waals surface area contributed by atoms with E-state index >= 15 is 0 Å². The number of aromatic nitrogens is 1. The Morgan fingerprint density at radius 3 is 3.10 bits per heavy atom. The molecule has 2 atom stereocenters. The summed E-state index contributed by atoms with van der Waals surface area (Å²) < 4.78 is 10.9. The lowest BCUT2D eigenvalue weighted by Crippen LogP contribution is -2.33. The maximum Gasteiger partial charge on any atom is 0.246 e. The second kappa shape index (κ2) is 6.65. The van der Waals surface area contributed by atoms with E-state index in [0.717, 1.165) is 24.5 Å². The van der Waals surface area contributed by atoms with Crippen LogP contribution in [0.2, 0.25) is 0 Å². The van der Waals surface area contributed by atoms with E-state index in [4.69, 9.17) is 9.47 Å².